The largest absolute Gasteiger partial charge is 0.497 e. The second-order valence-electron chi connectivity index (χ2n) is 4.67. The van der Waals surface area contributed by atoms with Gasteiger partial charge in [-0.05, 0) is 31.2 Å². The predicted molar refractivity (Wildman–Crippen MR) is 81.7 cm³/mol. The van der Waals surface area contributed by atoms with Gasteiger partial charge in [0.1, 0.15) is 11.3 Å². The Labute approximate surface area is 123 Å². The molecule has 5 nitrogen and oxygen atoms in total. The van der Waals surface area contributed by atoms with Gasteiger partial charge in [-0.25, -0.2) is 0 Å². The number of amides is 1. The second kappa shape index (κ2) is 6.26. The number of methoxy groups -OCH3 is 1. The first-order valence-electron chi connectivity index (χ1n) is 6.70. The predicted octanol–water partition coefficient (Wildman–Crippen LogP) is 2.14. The van der Waals surface area contributed by atoms with E-state index in [9.17, 15) is 9.59 Å². The van der Waals surface area contributed by atoms with Gasteiger partial charge in [0.05, 0.1) is 7.11 Å². The van der Waals surface area contributed by atoms with Crippen molar-refractivity contribution >= 4 is 5.91 Å². The zero-order valence-corrected chi connectivity index (χ0v) is 12.3. The lowest BCUT2D eigenvalue weighted by Crippen LogP contribution is -2.31. The lowest BCUT2D eigenvalue weighted by Gasteiger charge is -2.14. The van der Waals surface area contributed by atoms with E-state index in [1.165, 1.54) is 4.90 Å². The average Bonchev–Trinajstić information content (AvgIpc) is 2.53. The van der Waals surface area contributed by atoms with E-state index in [-0.39, 0.29) is 17.0 Å². The zero-order valence-electron chi connectivity index (χ0n) is 12.3. The highest BCUT2D eigenvalue weighted by molar-refractivity contribution is 5.93. The van der Waals surface area contributed by atoms with Crippen LogP contribution in [0.15, 0.2) is 41.2 Å². The van der Waals surface area contributed by atoms with E-state index in [0.717, 1.165) is 5.56 Å². The minimum atomic E-state index is -0.388. The van der Waals surface area contributed by atoms with E-state index >= 15 is 0 Å². The molecule has 5 heteroatoms. The van der Waals surface area contributed by atoms with Crippen LogP contribution >= 0.6 is 0 Å². The highest BCUT2D eigenvalue weighted by atomic mass is 16.5. The maximum absolute atomic E-state index is 12.1. The normalized spacial score (nSPS) is 10.2. The molecule has 0 aliphatic heterocycles. The first-order valence-corrected chi connectivity index (χ1v) is 6.70. The minimum Gasteiger partial charge on any atom is -0.497 e. The molecule has 0 spiro atoms. The van der Waals surface area contributed by atoms with E-state index in [1.54, 1.807) is 26.3 Å². The highest BCUT2D eigenvalue weighted by Gasteiger charge is 2.14. The third-order valence-electron chi connectivity index (χ3n) is 3.34. The number of nitrogens with one attached hydrogen (secondary N) is 1. The molecule has 1 aromatic carbocycles. The van der Waals surface area contributed by atoms with Crippen LogP contribution in [0.3, 0.4) is 0 Å². The smallest absolute Gasteiger partial charge is 0.261 e. The SMILES string of the molecule is CCN(C)C(=O)c1ccc(-c2cccc(OC)c2)[nH]c1=O. The summed E-state index contributed by atoms with van der Waals surface area (Å²) in [5, 5.41) is 0. The summed E-state index contributed by atoms with van der Waals surface area (Å²) in [5.74, 6) is 0.426. The summed E-state index contributed by atoms with van der Waals surface area (Å²) in [6.07, 6.45) is 0. The van der Waals surface area contributed by atoms with Crippen molar-refractivity contribution in [1.29, 1.82) is 0 Å². The van der Waals surface area contributed by atoms with Crippen LogP contribution in [0.2, 0.25) is 0 Å². The Morgan fingerprint density at radius 2 is 2.05 bits per heavy atom. The molecule has 0 atom stereocenters. The molecule has 21 heavy (non-hydrogen) atoms. The Morgan fingerprint density at radius 1 is 1.29 bits per heavy atom. The lowest BCUT2D eigenvalue weighted by molar-refractivity contribution is 0.0800. The zero-order chi connectivity index (χ0) is 15.4. The average molecular weight is 286 g/mol. The van der Waals surface area contributed by atoms with Gasteiger partial charge in [-0.2, -0.15) is 0 Å². The van der Waals surface area contributed by atoms with E-state index in [0.29, 0.717) is 18.0 Å². The summed E-state index contributed by atoms with van der Waals surface area (Å²) >= 11 is 0. The number of pyridine rings is 1. The van der Waals surface area contributed by atoms with Crippen molar-refractivity contribution in [2.45, 2.75) is 6.92 Å². The van der Waals surface area contributed by atoms with Crippen LogP contribution < -0.4 is 10.3 Å². The number of carbonyl (C=O) groups excluding carboxylic acids is 1. The highest BCUT2D eigenvalue weighted by Crippen LogP contribution is 2.21. The van der Waals surface area contributed by atoms with Crippen LogP contribution in [0.4, 0.5) is 0 Å². The third kappa shape index (κ3) is 3.13. The standard InChI is InChI=1S/C16H18N2O3/c1-4-18(2)16(20)13-8-9-14(17-15(13)19)11-6-5-7-12(10-11)21-3/h5-10H,4H2,1-3H3,(H,17,19). The van der Waals surface area contributed by atoms with Gasteiger partial charge >= 0.3 is 0 Å². The number of hydrogen-bond acceptors (Lipinski definition) is 3. The van der Waals surface area contributed by atoms with Gasteiger partial charge < -0.3 is 14.6 Å². The van der Waals surface area contributed by atoms with Crippen LogP contribution in [0.25, 0.3) is 11.3 Å². The molecule has 0 aliphatic carbocycles. The summed E-state index contributed by atoms with van der Waals surface area (Å²) in [6, 6.07) is 10.7. The van der Waals surface area contributed by atoms with Gasteiger partial charge in [-0.1, -0.05) is 12.1 Å². The number of aromatic amines is 1. The van der Waals surface area contributed by atoms with Gasteiger partial charge in [0, 0.05) is 24.8 Å². The molecule has 0 unspecified atom stereocenters. The van der Waals surface area contributed by atoms with Gasteiger partial charge in [-0.3, -0.25) is 9.59 Å². The molecule has 110 valence electrons. The van der Waals surface area contributed by atoms with Crippen LogP contribution in [0.5, 0.6) is 5.75 Å². The van der Waals surface area contributed by atoms with Crippen molar-refractivity contribution in [3.8, 4) is 17.0 Å². The maximum atomic E-state index is 12.1. The lowest BCUT2D eigenvalue weighted by atomic mass is 10.1. The molecule has 2 aromatic rings. The van der Waals surface area contributed by atoms with Crippen molar-refractivity contribution in [2.24, 2.45) is 0 Å². The van der Waals surface area contributed by atoms with Crippen molar-refractivity contribution in [1.82, 2.24) is 9.88 Å². The monoisotopic (exact) mass is 286 g/mol. The van der Waals surface area contributed by atoms with E-state index < -0.39 is 0 Å². The quantitative estimate of drug-likeness (QED) is 0.936. The van der Waals surface area contributed by atoms with Crippen molar-refractivity contribution < 1.29 is 9.53 Å². The number of ether oxygens (including phenoxy) is 1. The van der Waals surface area contributed by atoms with Crippen LogP contribution in [-0.4, -0.2) is 36.5 Å². The molecule has 0 aliphatic rings. The fraction of sp³-hybridized carbons (Fsp3) is 0.250. The van der Waals surface area contributed by atoms with E-state index in [4.69, 9.17) is 4.74 Å². The summed E-state index contributed by atoms with van der Waals surface area (Å²) in [4.78, 5) is 28.4. The van der Waals surface area contributed by atoms with E-state index in [1.807, 2.05) is 31.2 Å². The van der Waals surface area contributed by atoms with Crippen LogP contribution in [0, 0.1) is 0 Å². The second-order valence-corrected chi connectivity index (χ2v) is 4.67. The minimum absolute atomic E-state index is 0.144. The van der Waals surface area contributed by atoms with Gasteiger partial charge in [-0.15, -0.1) is 0 Å². The summed E-state index contributed by atoms with van der Waals surface area (Å²) in [5.41, 5.74) is 1.23. The molecule has 1 amide bonds. The molecule has 0 saturated carbocycles. The number of aromatic nitrogens is 1. The molecule has 2 rings (SSSR count). The molecule has 1 aromatic heterocycles. The number of carbonyl (C=O) groups is 1. The first kappa shape index (κ1) is 14.8. The summed E-state index contributed by atoms with van der Waals surface area (Å²) in [7, 11) is 3.25. The van der Waals surface area contributed by atoms with Gasteiger partial charge in [0.15, 0.2) is 0 Å². The Bertz CT molecular complexity index is 707. The third-order valence-corrected chi connectivity index (χ3v) is 3.34. The topological polar surface area (TPSA) is 62.4 Å². The number of nitrogens with zero attached hydrogens (tertiary/aromatic N) is 1. The van der Waals surface area contributed by atoms with Gasteiger partial charge in [0.25, 0.3) is 11.5 Å². The summed E-state index contributed by atoms with van der Waals surface area (Å²) < 4.78 is 5.16. The number of rotatable bonds is 4. The number of benzene rings is 1. The molecule has 0 saturated heterocycles. The number of hydrogen-bond donors (Lipinski definition) is 1. The fourth-order valence-corrected chi connectivity index (χ4v) is 1.95. The Morgan fingerprint density at radius 3 is 2.67 bits per heavy atom. The molecule has 1 heterocycles. The molecule has 0 bridgehead atoms. The Balaban J connectivity index is 2.39. The maximum Gasteiger partial charge on any atom is 0.261 e. The molecule has 0 fully saturated rings. The molecule has 0 radical (unpaired) electrons. The molecular formula is C16H18N2O3. The van der Waals surface area contributed by atoms with Crippen LogP contribution in [-0.2, 0) is 0 Å². The van der Waals surface area contributed by atoms with Crippen molar-refractivity contribution in [3.63, 3.8) is 0 Å². The first-order chi connectivity index (χ1) is 10.1. The Kier molecular flexibility index (Phi) is 4.42. The summed E-state index contributed by atoms with van der Waals surface area (Å²) in [6.45, 7) is 2.41. The molecular weight excluding hydrogens is 268 g/mol. The van der Waals surface area contributed by atoms with Crippen LogP contribution in [0.1, 0.15) is 17.3 Å². The Hall–Kier alpha value is -2.56. The van der Waals surface area contributed by atoms with E-state index in [2.05, 4.69) is 4.98 Å². The number of H-pyrrole nitrogens is 1. The fourth-order valence-electron chi connectivity index (χ4n) is 1.95. The molecule has 1 N–H and O–H groups in total. The van der Waals surface area contributed by atoms with Gasteiger partial charge in [0.2, 0.25) is 0 Å². The van der Waals surface area contributed by atoms with Crippen molar-refractivity contribution in [2.75, 3.05) is 20.7 Å². The van der Waals surface area contributed by atoms with Crippen molar-refractivity contribution in [3.05, 3.63) is 52.3 Å².